The zero-order valence-corrected chi connectivity index (χ0v) is 11.8. The molecule has 3 heterocycles. The van der Waals surface area contributed by atoms with E-state index >= 15 is 0 Å². The van der Waals surface area contributed by atoms with E-state index in [9.17, 15) is 0 Å². The fraction of sp³-hybridized carbons (Fsp3) is 0.375. The van der Waals surface area contributed by atoms with Gasteiger partial charge in [-0.25, -0.2) is 0 Å². The highest BCUT2D eigenvalue weighted by atomic mass is 15.2. The van der Waals surface area contributed by atoms with Crippen LogP contribution in [0.25, 0.3) is 0 Å². The first-order chi connectivity index (χ1) is 9.81. The van der Waals surface area contributed by atoms with Crippen molar-refractivity contribution in [3.05, 3.63) is 53.6 Å². The molecule has 3 rings (SSSR count). The van der Waals surface area contributed by atoms with Crippen LogP contribution in [0.1, 0.15) is 16.8 Å². The minimum Gasteiger partial charge on any atom is -0.368 e. The van der Waals surface area contributed by atoms with Gasteiger partial charge >= 0.3 is 0 Å². The van der Waals surface area contributed by atoms with Gasteiger partial charge < -0.3 is 10.2 Å². The molecule has 0 aliphatic carbocycles. The summed E-state index contributed by atoms with van der Waals surface area (Å²) in [5, 5.41) is 3.37. The molecule has 0 amide bonds. The van der Waals surface area contributed by atoms with Crippen LogP contribution in [-0.4, -0.2) is 36.1 Å². The molecule has 20 heavy (non-hydrogen) atoms. The van der Waals surface area contributed by atoms with Crippen LogP contribution in [0.5, 0.6) is 0 Å². The standard InChI is InChI=1S/C16H20N4/c1-13-2-3-14(11-19-13)8-15-9-16(12-18-10-15)20-6-4-17-5-7-20/h2-3,9-12,17H,4-8H2,1H3. The number of aromatic nitrogens is 2. The van der Waals surface area contributed by atoms with Crippen LogP contribution < -0.4 is 10.2 Å². The van der Waals surface area contributed by atoms with Gasteiger partial charge in [0, 0.05) is 50.7 Å². The van der Waals surface area contributed by atoms with Gasteiger partial charge in [0.2, 0.25) is 0 Å². The SMILES string of the molecule is Cc1ccc(Cc2cncc(N3CCNCC3)c2)cn1. The van der Waals surface area contributed by atoms with Crippen LogP contribution >= 0.6 is 0 Å². The van der Waals surface area contributed by atoms with Crippen molar-refractivity contribution in [2.75, 3.05) is 31.1 Å². The minimum absolute atomic E-state index is 0.889. The Bertz CT molecular complexity index is 559. The van der Waals surface area contributed by atoms with Crippen molar-refractivity contribution >= 4 is 5.69 Å². The van der Waals surface area contributed by atoms with Crippen LogP contribution in [0.4, 0.5) is 5.69 Å². The number of hydrogen-bond donors (Lipinski definition) is 1. The highest BCUT2D eigenvalue weighted by Crippen LogP contribution is 2.17. The Labute approximate surface area is 119 Å². The molecule has 0 unspecified atom stereocenters. The maximum Gasteiger partial charge on any atom is 0.0556 e. The molecular weight excluding hydrogens is 248 g/mol. The molecule has 0 aromatic carbocycles. The molecule has 1 N–H and O–H groups in total. The first-order valence-corrected chi connectivity index (χ1v) is 7.12. The van der Waals surface area contributed by atoms with E-state index < -0.39 is 0 Å². The van der Waals surface area contributed by atoms with Crippen LogP contribution in [0, 0.1) is 6.92 Å². The Kier molecular flexibility index (Phi) is 3.92. The van der Waals surface area contributed by atoms with Gasteiger partial charge in [-0.15, -0.1) is 0 Å². The van der Waals surface area contributed by atoms with Crippen molar-refractivity contribution in [1.82, 2.24) is 15.3 Å². The molecule has 1 aliphatic rings. The van der Waals surface area contributed by atoms with Crippen LogP contribution in [-0.2, 0) is 6.42 Å². The number of hydrogen-bond acceptors (Lipinski definition) is 4. The summed E-state index contributed by atoms with van der Waals surface area (Å²) >= 11 is 0. The van der Waals surface area contributed by atoms with E-state index in [1.165, 1.54) is 16.8 Å². The van der Waals surface area contributed by atoms with Gasteiger partial charge in [-0.3, -0.25) is 9.97 Å². The van der Waals surface area contributed by atoms with Crippen molar-refractivity contribution in [1.29, 1.82) is 0 Å². The molecule has 4 nitrogen and oxygen atoms in total. The van der Waals surface area contributed by atoms with Crippen molar-refractivity contribution in [3.63, 3.8) is 0 Å². The molecule has 1 fully saturated rings. The predicted molar refractivity (Wildman–Crippen MR) is 81.1 cm³/mol. The van der Waals surface area contributed by atoms with Crippen LogP contribution in [0.2, 0.25) is 0 Å². The molecule has 0 radical (unpaired) electrons. The van der Waals surface area contributed by atoms with Crippen molar-refractivity contribution in [2.24, 2.45) is 0 Å². The quantitative estimate of drug-likeness (QED) is 0.921. The Morgan fingerprint density at radius 1 is 1.10 bits per heavy atom. The number of anilines is 1. The van der Waals surface area contributed by atoms with Gasteiger partial charge in [-0.2, -0.15) is 0 Å². The minimum atomic E-state index is 0.889. The topological polar surface area (TPSA) is 41.1 Å². The molecule has 0 atom stereocenters. The summed E-state index contributed by atoms with van der Waals surface area (Å²) in [5.74, 6) is 0. The Hall–Kier alpha value is -1.94. The third-order valence-electron chi connectivity index (χ3n) is 3.64. The summed E-state index contributed by atoms with van der Waals surface area (Å²) in [6, 6.07) is 6.45. The maximum atomic E-state index is 4.39. The second-order valence-corrected chi connectivity index (χ2v) is 5.27. The number of pyridine rings is 2. The normalized spacial score (nSPS) is 15.3. The summed E-state index contributed by atoms with van der Waals surface area (Å²) < 4.78 is 0. The molecule has 1 aliphatic heterocycles. The Morgan fingerprint density at radius 2 is 1.95 bits per heavy atom. The van der Waals surface area contributed by atoms with E-state index in [1.54, 1.807) is 0 Å². The van der Waals surface area contributed by atoms with E-state index in [0.717, 1.165) is 38.3 Å². The smallest absolute Gasteiger partial charge is 0.0556 e. The lowest BCUT2D eigenvalue weighted by molar-refractivity contribution is 0.588. The third-order valence-corrected chi connectivity index (χ3v) is 3.64. The fourth-order valence-corrected chi connectivity index (χ4v) is 2.51. The lowest BCUT2D eigenvalue weighted by Crippen LogP contribution is -2.43. The Balaban J connectivity index is 1.75. The monoisotopic (exact) mass is 268 g/mol. The first-order valence-electron chi connectivity index (χ1n) is 7.12. The zero-order valence-electron chi connectivity index (χ0n) is 11.8. The Morgan fingerprint density at radius 3 is 2.70 bits per heavy atom. The summed E-state index contributed by atoms with van der Waals surface area (Å²) in [4.78, 5) is 11.1. The van der Waals surface area contributed by atoms with Crippen LogP contribution in [0.15, 0.2) is 36.8 Å². The summed E-state index contributed by atoms with van der Waals surface area (Å²) in [5.41, 5.74) is 4.76. The first kappa shape index (κ1) is 13.1. The molecular formula is C16H20N4. The lowest BCUT2D eigenvalue weighted by Gasteiger charge is -2.29. The summed E-state index contributed by atoms with van der Waals surface area (Å²) in [6.45, 7) is 6.21. The van der Waals surface area contributed by atoms with Crippen molar-refractivity contribution in [3.8, 4) is 0 Å². The average Bonchev–Trinajstić information content (AvgIpc) is 2.51. The lowest BCUT2D eigenvalue weighted by atomic mass is 10.1. The number of rotatable bonds is 3. The number of aryl methyl sites for hydroxylation is 1. The van der Waals surface area contributed by atoms with E-state index in [-0.39, 0.29) is 0 Å². The molecule has 0 bridgehead atoms. The third kappa shape index (κ3) is 3.14. The zero-order chi connectivity index (χ0) is 13.8. The predicted octanol–water partition coefficient (Wildman–Crippen LogP) is 1.79. The molecule has 104 valence electrons. The van der Waals surface area contributed by atoms with E-state index in [0.29, 0.717) is 0 Å². The van der Waals surface area contributed by atoms with Crippen molar-refractivity contribution in [2.45, 2.75) is 13.3 Å². The molecule has 0 saturated carbocycles. The number of nitrogens with zero attached hydrogens (tertiary/aromatic N) is 3. The van der Waals surface area contributed by atoms with Gasteiger partial charge in [-0.05, 0) is 30.2 Å². The summed E-state index contributed by atoms with van der Waals surface area (Å²) in [7, 11) is 0. The van der Waals surface area contributed by atoms with Gasteiger partial charge in [-0.1, -0.05) is 6.07 Å². The van der Waals surface area contributed by atoms with Crippen LogP contribution in [0.3, 0.4) is 0 Å². The molecule has 1 saturated heterocycles. The van der Waals surface area contributed by atoms with E-state index in [4.69, 9.17) is 0 Å². The van der Waals surface area contributed by atoms with Gasteiger partial charge in [0.05, 0.1) is 11.9 Å². The molecule has 2 aromatic heterocycles. The molecule has 0 spiro atoms. The van der Waals surface area contributed by atoms with Crippen molar-refractivity contribution < 1.29 is 0 Å². The molecule has 4 heteroatoms. The van der Waals surface area contributed by atoms with E-state index in [1.807, 2.05) is 25.5 Å². The van der Waals surface area contributed by atoms with E-state index in [2.05, 4.69) is 38.4 Å². The second kappa shape index (κ2) is 6.01. The maximum absolute atomic E-state index is 4.39. The fourth-order valence-electron chi connectivity index (χ4n) is 2.51. The highest BCUT2D eigenvalue weighted by molar-refractivity contribution is 5.47. The largest absolute Gasteiger partial charge is 0.368 e. The molecule has 2 aromatic rings. The van der Waals surface area contributed by atoms with Gasteiger partial charge in [0.1, 0.15) is 0 Å². The average molecular weight is 268 g/mol. The summed E-state index contributed by atoms with van der Waals surface area (Å²) in [6.07, 6.45) is 6.75. The highest BCUT2D eigenvalue weighted by Gasteiger charge is 2.11. The van der Waals surface area contributed by atoms with Gasteiger partial charge in [0.25, 0.3) is 0 Å². The number of nitrogens with one attached hydrogen (secondary N) is 1. The number of piperazine rings is 1. The second-order valence-electron chi connectivity index (χ2n) is 5.27. The van der Waals surface area contributed by atoms with Gasteiger partial charge in [0.15, 0.2) is 0 Å².